The van der Waals surface area contributed by atoms with Crippen LogP contribution in [0.1, 0.15) is 18.9 Å². The number of anilines is 2. The van der Waals surface area contributed by atoms with E-state index in [1.807, 2.05) is 62.4 Å². The number of ether oxygens (including phenoxy) is 1. The van der Waals surface area contributed by atoms with Gasteiger partial charge in [-0.2, -0.15) is 0 Å². The van der Waals surface area contributed by atoms with E-state index in [-0.39, 0.29) is 11.8 Å². The van der Waals surface area contributed by atoms with Gasteiger partial charge in [-0.15, -0.1) is 0 Å². The SMILES string of the molecule is Cc1ccccc1OCCCN1C(=O)C(C)CN(C=O)c2ccccc21. The highest BCUT2D eigenvalue weighted by Crippen LogP contribution is 2.33. The number of rotatable bonds is 6. The Labute approximate surface area is 154 Å². The molecule has 0 fully saturated rings. The minimum atomic E-state index is -0.245. The molecule has 5 heteroatoms. The molecule has 1 heterocycles. The Morgan fingerprint density at radius 3 is 2.54 bits per heavy atom. The summed E-state index contributed by atoms with van der Waals surface area (Å²) in [5.74, 6) is 0.665. The number of hydrogen-bond donors (Lipinski definition) is 0. The molecule has 2 aromatic rings. The molecule has 1 aliphatic rings. The Morgan fingerprint density at radius 1 is 1.12 bits per heavy atom. The van der Waals surface area contributed by atoms with Crippen LogP contribution >= 0.6 is 0 Å². The van der Waals surface area contributed by atoms with E-state index in [0.29, 0.717) is 26.1 Å². The maximum atomic E-state index is 12.8. The molecule has 5 nitrogen and oxygen atoms in total. The summed E-state index contributed by atoms with van der Waals surface area (Å²) in [6.07, 6.45) is 1.51. The summed E-state index contributed by atoms with van der Waals surface area (Å²) in [5, 5.41) is 0. The second-order valence-corrected chi connectivity index (χ2v) is 6.60. The van der Waals surface area contributed by atoms with Gasteiger partial charge in [-0.3, -0.25) is 9.59 Å². The van der Waals surface area contributed by atoms with Crippen molar-refractivity contribution >= 4 is 23.7 Å². The third-order valence-electron chi connectivity index (χ3n) is 4.64. The maximum Gasteiger partial charge on any atom is 0.231 e. The first-order chi connectivity index (χ1) is 12.6. The van der Waals surface area contributed by atoms with Crippen molar-refractivity contribution in [3.63, 3.8) is 0 Å². The lowest BCUT2D eigenvalue weighted by Gasteiger charge is -2.24. The standard InChI is InChI=1S/C21H24N2O3/c1-16-8-3-6-11-20(16)26-13-7-12-23-19-10-5-4-9-18(19)22(15-24)14-17(2)21(23)25/h3-6,8-11,15,17H,7,12-14H2,1-2H3. The zero-order valence-electron chi connectivity index (χ0n) is 15.2. The Morgan fingerprint density at radius 2 is 1.81 bits per heavy atom. The van der Waals surface area contributed by atoms with Gasteiger partial charge in [-0.1, -0.05) is 37.3 Å². The highest BCUT2D eigenvalue weighted by atomic mass is 16.5. The molecular formula is C21H24N2O3. The van der Waals surface area contributed by atoms with E-state index < -0.39 is 0 Å². The monoisotopic (exact) mass is 352 g/mol. The van der Waals surface area contributed by atoms with Gasteiger partial charge in [0.15, 0.2) is 0 Å². The van der Waals surface area contributed by atoms with Crippen molar-refractivity contribution in [1.82, 2.24) is 0 Å². The van der Waals surface area contributed by atoms with Gasteiger partial charge in [0.2, 0.25) is 12.3 Å². The molecule has 1 unspecified atom stereocenters. The van der Waals surface area contributed by atoms with Crippen molar-refractivity contribution in [2.75, 3.05) is 29.5 Å². The minimum absolute atomic E-state index is 0.0395. The van der Waals surface area contributed by atoms with E-state index in [0.717, 1.165) is 29.1 Å². The number of aryl methyl sites for hydroxylation is 1. The van der Waals surface area contributed by atoms with Gasteiger partial charge < -0.3 is 14.5 Å². The average molecular weight is 352 g/mol. The Bertz CT molecular complexity index is 790. The van der Waals surface area contributed by atoms with Crippen LogP contribution in [-0.2, 0) is 9.59 Å². The molecule has 2 aromatic carbocycles. The summed E-state index contributed by atoms with van der Waals surface area (Å²) >= 11 is 0. The highest BCUT2D eigenvalue weighted by molar-refractivity contribution is 6.02. The van der Waals surface area contributed by atoms with E-state index in [1.165, 1.54) is 0 Å². The van der Waals surface area contributed by atoms with Gasteiger partial charge in [-0.05, 0) is 37.1 Å². The summed E-state index contributed by atoms with van der Waals surface area (Å²) in [6.45, 7) is 5.36. The van der Waals surface area contributed by atoms with Crippen molar-refractivity contribution in [2.45, 2.75) is 20.3 Å². The van der Waals surface area contributed by atoms with Gasteiger partial charge >= 0.3 is 0 Å². The molecule has 136 valence electrons. The van der Waals surface area contributed by atoms with Gasteiger partial charge in [0, 0.05) is 13.1 Å². The predicted molar refractivity (Wildman–Crippen MR) is 103 cm³/mol. The van der Waals surface area contributed by atoms with Crippen LogP contribution < -0.4 is 14.5 Å². The number of carbonyl (C=O) groups excluding carboxylic acids is 2. The van der Waals surface area contributed by atoms with Crippen LogP contribution in [0.2, 0.25) is 0 Å². The fraction of sp³-hybridized carbons (Fsp3) is 0.333. The molecule has 0 bridgehead atoms. The molecule has 0 N–H and O–H groups in total. The molecule has 0 saturated carbocycles. The number of benzene rings is 2. The van der Waals surface area contributed by atoms with Gasteiger partial charge in [0.1, 0.15) is 5.75 Å². The lowest BCUT2D eigenvalue weighted by Crippen LogP contribution is -2.37. The topological polar surface area (TPSA) is 49.9 Å². The van der Waals surface area contributed by atoms with Crippen LogP contribution in [-0.4, -0.2) is 32.0 Å². The van der Waals surface area contributed by atoms with Crippen LogP contribution in [0.15, 0.2) is 48.5 Å². The molecule has 2 amide bonds. The van der Waals surface area contributed by atoms with Crippen molar-refractivity contribution in [3.8, 4) is 5.75 Å². The van der Waals surface area contributed by atoms with Crippen molar-refractivity contribution in [3.05, 3.63) is 54.1 Å². The molecule has 0 spiro atoms. The van der Waals surface area contributed by atoms with Crippen LogP contribution in [0, 0.1) is 12.8 Å². The van der Waals surface area contributed by atoms with E-state index in [2.05, 4.69) is 0 Å². The largest absolute Gasteiger partial charge is 0.493 e. The fourth-order valence-electron chi connectivity index (χ4n) is 3.25. The predicted octanol–water partition coefficient (Wildman–Crippen LogP) is 3.41. The second-order valence-electron chi connectivity index (χ2n) is 6.60. The number of nitrogens with zero attached hydrogens (tertiary/aromatic N) is 2. The molecule has 0 saturated heterocycles. The third-order valence-corrected chi connectivity index (χ3v) is 4.64. The normalized spacial score (nSPS) is 16.8. The smallest absolute Gasteiger partial charge is 0.231 e. The second kappa shape index (κ2) is 8.04. The molecule has 3 rings (SSSR count). The zero-order chi connectivity index (χ0) is 18.5. The summed E-state index contributed by atoms with van der Waals surface area (Å²) < 4.78 is 5.85. The van der Waals surface area contributed by atoms with Gasteiger partial charge in [-0.25, -0.2) is 0 Å². The van der Waals surface area contributed by atoms with Crippen molar-refractivity contribution in [2.24, 2.45) is 5.92 Å². The Kier molecular flexibility index (Phi) is 5.56. The van der Waals surface area contributed by atoms with Crippen LogP contribution in [0.4, 0.5) is 11.4 Å². The number of fused-ring (bicyclic) bond motifs is 1. The molecule has 26 heavy (non-hydrogen) atoms. The lowest BCUT2D eigenvalue weighted by atomic mass is 10.1. The average Bonchev–Trinajstić information content (AvgIpc) is 2.76. The Balaban J connectivity index is 1.72. The lowest BCUT2D eigenvalue weighted by molar-refractivity contribution is -0.121. The molecule has 0 aromatic heterocycles. The number of hydrogen-bond acceptors (Lipinski definition) is 3. The van der Waals surface area contributed by atoms with Crippen LogP contribution in [0.5, 0.6) is 5.75 Å². The zero-order valence-corrected chi connectivity index (χ0v) is 15.2. The summed E-state index contributed by atoms with van der Waals surface area (Å²) in [4.78, 5) is 27.7. The quantitative estimate of drug-likeness (QED) is 0.591. The van der Waals surface area contributed by atoms with Crippen LogP contribution in [0.25, 0.3) is 0 Å². The summed E-state index contributed by atoms with van der Waals surface area (Å²) in [7, 11) is 0. The van der Waals surface area contributed by atoms with Crippen molar-refractivity contribution < 1.29 is 14.3 Å². The minimum Gasteiger partial charge on any atom is -0.493 e. The fourth-order valence-corrected chi connectivity index (χ4v) is 3.25. The molecule has 1 aliphatic heterocycles. The highest BCUT2D eigenvalue weighted by Gasteiger charge is 2.30. The molecular weight excluding hydrogens is 328 g/mol. The first kappa shape index (κ1) is 18.0. The molecule has 1 atom stereocenters. The number of amides is 2. The first-order valence-electron chi connectivity index (χ1n) is 8.92. The van der Waals surface area contributed by atoms with Gasteiger partial charge in [0.25, 0.3) is 0 Å². The molecule has 0 radical (unpaired) electrons. The van der Waals surface area contributed by atoms with E-state index in [4.69, 9.17) is 4.74 Å². The summed E-state index contributed by atoms with van der Waals surface area (Å²) in [6, 6.07) is 15.4. The first-order valence-corrected chi connectivity index (χ1v) is 8.92. The number of carbonyl (C=O) groups is 2. The van der Waals surface area contributed by atoms with E-state index >= 15 is 0 Å². The molecule has 0 aliphatic carbocycles. The van der Waals surface area contributed by atoms with Crippen LogP contribution in [0.3, 0.4) is 0 Å². The van der Waals surface area contributed by atoms with E-state index in [1.54, 1.807) is 9.80 Å². The van der Waals surface area contributed by atoms with E-state index in [9.17, 15) is 9.59 Å². The maximum absolute atomic E-state index is 12.8. The third kappa shape index (κ3) is 3.72. The Hall–Kier alpha value is -2.82. The van der Waals surface area contributed by atoms with Gasteiger partial charge in [0.05, 0.1) is 23.9 Å². The number of para-hydroxylation sites is 3. The van der Waals surface area contributed by atoms with Crippen molar-refractivity contribution in [1.29, 1.82) is 0 Å². The summed E-state index contributed by atoms with van der Waals surface area (Å²) in [5.41, 5.74) is 2.66.